The van der Waals surface area contributed by atoms with Crippen LogP contribution in [0, 0.1) is 0 Å². The maximum atomic E-state index is 4.58. The normalized spacial score (nSPS) is 18.6. The first-order valence-corrected chi connectivity index (χ1v) is 7.26. The number of anilines is 2. The highest BCUT2D eigenvalue weighted by Crippen LogP contribution is 2.31. The highest BCUT2D eigenvalue weighted by Gasteiger charge is 2.26. The lowest BCUT2D eigenvalue weighted by molar-refractivity contribution is 0.494. The number of piperidine rings is 1. The van der Waals surface area contributed by atoms with Crippen LogP contribution >= 0.6 is 0 Å². The van der Waals surface area contributed by atoms with Gasteiger partial charge in [-0.3, -0.25) is 4.98 Å². The molecule has 0 aliphatic carbocycles. The molecule has 2 aromatic rings. The second kappa shape index (κ2) is 6.03. The van der Waals surface area contributed by atoms with Crippen LogP contribution in [0.25, 0.3) is 0 Å². The molecule has 110 valence electrons. The molecule has 21 heavy (non-hydrogen) atoms. The van der Waals surface area contributed by atoms with E-state index in [4.69, 9.17) is 0 Å². The summed E-state index contributed by atoms with van der Waals surface area (Å²) < 4.78 is 0. The van der Waals surface area contributed by atoms with Crippen LogP contribution < -0.4 is 9.80 Å². The van der Waals surface area contributed by atoms with Crippen LogP contribution in [-0.4, -0.2) is 47.1 Å². The van der Waals surface area contributed by atoms with Gasteiger partial charge in [-0.15, -0.1) is 0 Å². The Morgan fingerprint density at radius 1 is 1.05 bits per heavy atom. The number of hydrogen-bond donors (Lipinski definition) is 0. The Morgan fingerprint density at radius 3 is 2.57 bits per heavy atom. The Morgan fingerprint density at radius 2 is 1.81 bits per heavy atom. The van der Waals surface area contributed by atoms with Crippen molar-refractivity contribution in [1.82, 2.24) is 19.9 Å². The minimum Gasteiger partial charge on any atom is -0.361 e. The summed E-state index contributed by atoms with van der Waals surface area (Å²) in [7, 11) is 4.02. The van der Waals surface area contributed by atoms with Crippen LogP contribution in [0.5, 0.6) is 0 Å². The lowest BCUT2D eigenvalue weighted by Crippen LogP contribution is -2.36. The number of aromatic nitrogens is 4. The average Bonchev–Trinajstić information content (AvgIpc) is 2.56. The van der Waals surface area contributed by atoms with Crippen LogP contribution in [0.4, 0.5) is 11.8 Å². The van der Waals surface area contributed by atoms with Crippen LogP contribution in [0.3, 0.4) is 0 Å². The zero-order valence-corrected chi connectivity index (χ0v) is 12.5. The van der Waals surface area contributed by atoms with Crippen molar-refractivity contribution in [3.05, 3.63) is 36.5 Å². The monoisotopic (exact) mass is 284 g/mol. The van der Waals surface area contributed by atoms with E-state index in [0.717, 1.165) is 43.4 Å². The Kier molecular flexibility index (Phi) is 3.94. The molecule has 0 spiro atoms. The first-order valence-electron chi connectivity index (χ1n) is 7.26. The van der Waals surface area contributed by atoms with Gasteiger partial charge in [0.2, 0.25) is 5.95 Å². The maximum Gasteiger partial charge on any atom is 0.225 e. The van der Waals surface area contributed by atoms with Crippen molar-refractivity contribution < 1.29 is 0 Å². The van der Waals surface area contributed by atoms with Crippen LogP contribution in [0.2, 0.25) is 0 Å². The molecule has 0 amide bonds. The molecule has 6 nitrogen and oxygen atoms in total. The third kappa shape index (κ3) is 2.94. The van der Waals surface area contributed by atoms with Crippen LogP contribution in [-0.2, 0) is 0 Å². The summed E-state index contributed by atoms with van der Waals surface area (Å²) in [5.41, 5.74) is 1.07. The second-order valence-corrected chi connectivity index (χ2v) is 5.49. The fourth-order valence-electron chi connectivity index (χ4n) is 2.81. The van der Waals surface area contributed by atoms with E-state index >= 15 is 0 Å². The SMILES string of the molecule is CN(C)c1nccnc1C1CCCN(c2ncccn2)C1. The van der Waals surface area contributed by atoms with E-state index < -0.39 is 0 Å². The predicted octanol–water partition coefficient (Wildman–Crippen LogP) is 1.72. The molecule has 1 saturated heterocycles. The van der Waals surface area contributed by atoms with Gasteiger partial charge in [-0.1, -0.05) is 0 Å². The predicted molar refractivity (Wildman–Crippen MR) is 82.6 cm³/mol. The van der Waals surface area contributed by atoms with Crippen LogP contribution in [0.15, 0.2) is 30.9 Å². The molecule has 3 rings (SSSR count). The molecule has 0 saturated carbocycles. The smallest absolute Gasteiger partial charge is 0.225 e. The quantitative estimate of drug-likeness (QED) is 0.855. The topological polar surface area (TPSA) is 58.0 Å². The van der Waals surface area contributed by atoms with E-state index in [1.807, 2.05) is 25.1 Å². The maximum absolute atomic E-state index is 4.58. The van der Waals surface area contributed by atoms with E-state index in [0.29, 0.717) is 5.92 Å². The molecule has 0 N–H and O–H groups in total. The van der Waals surface area contributed by atoms with Crippen molar-refractivity contribution in [2.75, 3.05) is 37.0 Å². The lowest BCUT2D eigenvalue weighted by Gasteiger charge is -2.33. The molecule has 0 radical (unpaired) electrons. The largest absolute Gasteiger partial charge is 0.361 e. The van der Waals surface area contributed by atoms with Crippen LogP contribution in [0.1, 0.15) is 24.5 Å². The van der Waals surface area contributed by atoms with Gasteiger partial charge in [-0.2, -0.15) is 0 Å². The molecule has 6 heteroatoms. The highest BCUT2D eigenvalue weighted by molar-refractivity contribution is 5.44. The van der Waals surface area contributed by atoms with Gasteiger partial charge < -0.3 is 9.80 Å². The molecular formula is C15H20N6. The zero-order valence-electron chi connectivity index (χ0n) is 12.5. The molecule has 1 atom stereocenters. The minimum absolute atomic E-state index is 0.369. The molecular weight excluding hydrogens is 264 g/mol. The summed E-state index contributed by atoms with van der Waals surface area (Å²) in [6.45, 7) is 1.89. The first-order chi connectivity index (χ1) is 10.3. The van der Waals surface area contributed by atoms with Gasteiger partial charge in [-0.05, 0) is 18.9 Å². The molecule has 0 bridgehead atoms. The van der Waals surface area contributed by atoms with Crippen molar-refractivity contribution in [3.63, 3.8) is 0 Å². The van der Waals surface area contributed by atoms with E-state index in [2.05, 4.69) is 24.8 Å². The second-order valence-electron chi connectivity index (χ2n) is 5.49. The first kappa shape index (κ1) is 13.7. The Hall–Kier alpha value is -2.24. The van der Waals surface area contributed by atoms with Crippen molar-refractivity contribution >= 4 is 11.8 Å². The summed E-state index contributed by atoms with van der Waals surface area (Å²) in [5.74, 6) is 2.13. The molecule has 1 aliphatic rings. The van der Waals surface area contributed by atoms with Crippen molar-refractivity contribution in [1.29, 1.82) is 0 Å². The van der Waals surface area contributed by atoms with Gasteiger partial charge in [0.15, 0.2) is 0 Å². The van der Waals surface area contributed by atoms with Gasteiger partial charge in [0.1, 0.15) is 5.82 Å². The fourth-order valence-corrected chi connectivity index (χ4v) is 2.81. The van der Waals surface area contributed by atoms with Gasteiger partial charge in [0.25, 0.3) is 0 Å². The number of rotatable bonds is 3. The summed E-state index contributed by atoms with van der Waals surface area (Å²) in [4.78, 5) is 22.0. The molecule has 3 heterocycles. The standard InChI is InChI=1S/C15H20N6/c1-20(2)14-13(16-8-9-17-14)12-5-3-10-21(11-12)15-18-6-4-7-19-15/h4,6-9,12H,3,5,10-11H2,1-2H3. The number of hydrogen-bond acceptors (Lipinski definition) is 6. The Bertz CT molecular complexity index is 586. The fraction of sp³-hybridized carbons (Fsp3) is 0.467. The molecule has 1 aliphatic heterocycles. The van der Waals surface area contributed by atoms with E-state index in [1.165, 1.54) is 0 Å². The zero-order chi connectivity index (χ0) is 14.7. The number of nitrogens with zero attached hydrogens (tertiary/aromatic N) is 6. The molecule has 1 fully saturated rings. The molecule has 0 aromatic carbocycles. The molecule has 2 aromatic heterocycles. The van der Waals surface area contributed by atoms with E-state index in [1.54, 1.807) is 24.8 Å². The van der Waals surface area contributed by atoms with Crippen molar-refractivity contribution in [2.24, 2.45) is 0 Å². The summed E-state index contributed by atoms with van der Waals surface area (Å²) in [6.07, 6.45) is 9.36. The van der Waals surface area contributed by atoms with E-state index in [-0.39, 0.29) is 0 Å². The summed E-state index contributed by atoms with van der Waals surface area (Å²) in [6, 6.07) is 1.84. The Labute approximate surface area is 124 Å². The van der Waals surface area contributed by atoms with Gasteiger partial charge >= 0.3 is 0 Å². The lowest BCUT2D eigenvalue weighted by atomic mass is 9.94. The molecule has 1 unspecified atom stereocenters. The summed E-state index contributed by atoms with van der Waals surface area (Å²) >= 11 is 0. The van der Waals surface area contributed by atoms with Gasteiger partial charge in [0.05, 0.1) is 5.69 Å². The Balaban J connectivity index is 1.84. The third-order valence-electron chi connectivity index (χ3n) is 3.77. The van der Waals surface area contributed by atoms with Crippen molar-refractivity contribution in [3.8, 4) is 0 Å². The highest BCUT2D eigenvalue weighted by atomic mass is 15.3. The van der Waals surface area contributed by atoms with Gasteiger partial charge in [-0.25, -0.2) is 15.0 Å². The van der Waals surface area contributed by atoms with E-state index in [9.17, 15) is 0 Å². The van der Waals surface area contributed by atoms with Crippen molar-refractivity contribution in [2.45, 2.75) is 18.8 Å². The average molecular weight is 284 g/mol. The minimum atomic E-state index is 0.369. The third-order valence-corrected chi connectivity index (χ3v) is 3.77. The van der Waals surface area contributed by atoms with Gasteiger partial charge in [0, 0.05) is 57.9 Å². The summed E-state index contributed by atoms with van der Waals surface area (Å²) in [5, 5.41) is 0.